The Morgan fingerprint density at radius 3 is 3.36 bits per heavy atom. The van der Waals surface area contributed by atoms with Crippen LogP contribution >= 0.6 is 0 Å². The molecule has 1 aromatic rings. The van der Waals surface area contributed by atoms with Crippen molar-refractivity contribution in [3.63, 3.8) is 0 Å². The molecule has 1 N–H and O–H groups in total. The average molecular weight is 193 g/mol. The lowest BCUT2D eigenvalue weighted by Crippen LogP contribution is -2.27. The smallest absolute Gasteiger partial charge is 0.123 e. The zero-order valence-corrected chi connectivity index (χ0v) is 8.20. The van der Waals surface area contributed by atoms with Gasteiger partial charge in [0.1, 0.15) is 11.9 Å². The van der Waals surface area contributed by atoms with Crippen LogP contribution < -0.4 is 5.32 Å². The van der Waals surface area contributed by atoms with Gasteiger partial charge in [0.05, 0.1) is 12.2 Å². The Kier molecular flexibility index (Phi) is 2.03. The Balaban J connectivity index is 1.87. The first-order valence-electron chi connectivity index (χ1n) is 5.32. The van der Waals surface area contributed by atoms with Crippen LogP contribution in [-0.2, 0) is 17.8 Å². The number of fused-ring (bicyclic) bond motifs is 1. The molecule has 14 heavy (non-hydrogen) atoms. The van der Waals surface area contributed by atoms with E-state index in [1.165, 1.54) is 6.42 Å². The number of rotatable bonds is 1. The minimum atomic E-state index is 0.257. The second-order valence-electron chi connectivity index (χ2n) is 3.95. The number of aromatic nitrogens is 2. The summed E-state index contributed by atoms with van der Waals surface area (Å²) in [5.41, 5.74) is 1.13. The van der Waals surface area contributed by atoms with Gasteiger partial charge in [-0.05, 0) is 12.8 Å². The van der Waals surface area contributed by atoms with Crippen LogP contribution in [0.15, 0.2) is 6.20 Å². The SMILES string of the molecule is c1c(C2CCCO2)nc2n1CCNC2. The molecule has 3 heterocycles. The number of imidazole rings is 1. The van der Waals surface area contributed by atoms with Crippen LogP contribution in [0.3, 0.4) is 0 Å². The standard InChI is InChI=1S/C10H15N3O/c1-2-9(14-5-1)8-7-13-4-3-11-6-10(13)12-8/h7,9,11H,1-6H2. The van der Waals surface area contributed by atoms with Gasteiger partial charge in [0, 0.05) is 25.9 Å². The third-order valence-corrected chi connectivity index (χ3v) is 2.95. The number of nitrogens with zero attached hydrogens (tertiary/aromatic N) is 2. The number of hydrogen-bond acceptors (Lipinski definition) is 3. The normalized spacial score (nSPS) is 26.4. The molecule has 0 radical (unpaired) electrons. The van der Waals surface area contributed by atoms with Gasteiger partial charge in [0.15, 0.2) is 0 Å². The van der Waals surface area contributed by atoms with Gasteiger partial charge in [0.2, 0.25) is 0 Å². The topological polar surface area (TPSA) is 39.1 Å². The first-order chi connectivity index (χ1) is 6.93. The Hall–Kier alpha value is -0.870. The molecule has 0 saturated carbocycles. The van der Waals surface area contributed by atoms with Crippen molar-refractivity contribution in [3.05, 3.63) is 17.7 Å². The lowest BCUT2D eigenvalue weighted by molar-refractivity contribution is 0.109. The van der Waals surface area contributed by atoms with Crippen molar-refractivity contribution in [3.8, 4) is 0 Å². The van der Waals surface area contributed by atoms with E-state index in [0.717, 1.165) is 44.2 Å². The van der Waals surface area contributed by atoms with E-state index in [1.807, 2.05) is 0 Å². The molecular formula is C10H15N3O. The van der Waals surface area contributed by atoms with Crippen molar-refractivity contribution in [2.75, 3.05) is 13.2 Å². The molecule has 1 aromatic heterocycles. The lowest BCUT2D eigenvalue weighted by atomic mass is 10.2. The summed E-state index contributed by atoms with van der Waals surface area (Å²) in [5, 5.41) is 3.32. The third-order valence-electron chi connectivity index (χ3n) is 2.95. The number of nitrogens with one attached hydrogen (secondary N) is 1. The fourth-order valence-electron chi connectivity index (χ4n) is 2.18. The van der Waals surface area contributed by atoms with Crippen LogP contribution in [0.4, 0.5) is 0 Å². The molecule has 0 aliphatic carbocycles. The molecule has 4 nitrogen and oxygen atoms in total. The van der Waals surface area contributed by atoms with E-state index < -0.39 is 0 Å². The summed E-state index contributed by atoms with van der Waals surface area (Å²) in [6.45, 7) is 3.88. The van der Waals surface area contributed by atoms with Gasteiger partial charge in [-0.1, -0.05) is 0 Å². The quantitative estimate of drug-likeness (QED) is 0.718. The minimum absolute atomic E-state index is 0.257. The van der Waals surface area contributed by atoms with Crippen LogP contribution in [0.25, 0.3) is 0 Å². The van der Waals surface area contributed by atoms with Crippen molar-refractivity contribution in [2.24, 2.45) is 0 Å². The van der Waals surface area contributed by atoms with Crippen LogP contribution in [0.2, 0.25) is 0 Å². The van der Waals surface area contributed by atoms with Crippen molar-refractivity contribution >= 4 is 0 Å². The van der Waals surface area contributed by atoms with Gasteiger partial charge in [-0.2, -0.15) is 0 Å². The van der Waals surface area contributed by atoms with Crippen molar-refractivity contribution in [1.82, 2.24) is 14.9 Å². The highest BCUT2D eigenvalue weighted by atomic mass is 16.5. The lowest BCUT2D eigenvalue weighted by Gasteiger charge is -2.13. The molecule has 2 aliphatic heterocycles. The fourth-order valence-corrected chi connectivity index (χ4v) is 2.18. The number of ether oxygens (including phenoxy) is 1. The van der Waals surface area contributed by atoms with Crippen LogP contribution in [0.1, 0.15) is 30.5 Å². The number of hydrogen-bond donors (Lipinski definition) is 1. The third kappa shape index (κ3) is 1.35. The summed E-state index contributed by atoms with van der Waals surface area (Å²) >= 11 is 0. The van der Waals surface area contributed by atoms with E-state index in [0.29, 0.717) is 0 Å². The van der Waals surface area contributed by atoms with Crippen LogP contribution in [0.5, 0.6) is 0 Å². The van der Waals surface area contributed by atoms with Gasteiger partial charge in [0.25, 0.3) is 0 Å². The molecule has 1 fully saturated rings. The highest BCUT2D eigenvalue weighted by Crippen LogP contribution is 2.27. The Morgan fingerprint density at radius 2 is 2.57 bits per heavy atom. The van der Waals surface area contributed by atoms with Gasteiger partial charge in [-0.25, -0.2) is 4.98 Å². The first-order valence-corrected chi connectivity index (χ1v) is 5.32. The van der Waals surface area contributed by atoms with Crippen molar-refractivity contribution in [2.45, 2.75) is 32.0 Å². The summed E-state index contributed by atoms with van der Waals surface area (Å²) in [5.74, 6) is 1.15. The predicted molar refractivity (Wildman–Crippen MR) is 51.9 cm³/mol. The maximum atomic E-state index is 5.62. The van der Waals surface area contributed by atoms with Crippen molar-refractivity contribution in [1.29, 1.82) is 0 Å². The van der Waals surface area contributed by atoms with Crippen molar-refractivity contribution < 1.29 is 4.74 Å². The summed E-state index contributed by atoms with van der Waals surface area (Å²) in [6, 6.07) is 0. The Bertz CT molecular complexity index is 305. The summed E-state index contributed by atoms with van der Waals surface area (Å²) in [4.78, 5) is 4.61. The second-order valence-corrected chi connectivity index (χ2v) is 3.95. The molecule has 0 bridgehead atoms. The predicted octanol–water partition coefficient (Wildman–Crippen LogP) is 0.838. The van der Waals surface area contributed by atoms with E-state index in [1.54, 1.807) is 0 Å². The molecule has 2 aliphatic rings. The summed E-state index contributed by atoms with van der Waals surface area (Å²) < 4.78 is 7.86. The van der Waals surface area contributed by atoms with Crippen LogP contribution in [0, 0.1) is 0 Å². The molecular weight excluding hydrogens is 178 g/mol. The van der Waals surface area contributed by atoms with E-state index in [9.17, 15) is 0 Å². The van der Waals surface area contributed by atoms with E-state index in [-0.39, 0.29) is 6.10 Å². The zero-order valence-electron chi connectivity index (χ0n) is 8.20. The van der Waals surface area contributed by atoms with Gasteiger partial charge in [-0.15, -0.1) is 0 Å². The molecule has 1 saturated heterocycles. The zero-order chi connectivity index (χ0) is 9.38. The molecule has 76 valence electrons. The Morgan fingerprint density at radius 1 is 1.57 bits per heavy atom. The van der Waals surface area contributed by atoms with Crippen LogP contribution in [-0.4, -0.2) is 22.7 Å². The second kappa shape index (κ2) is 3.37. The van der Waals surface area contributed by atoms with Gasteiger partial charge < -0.3 is 14.6 Å². The molecule has 0 amide bonds. The summed E-state index contributed by atoms with van der Waals surface area (Å²) in [6.07, 6.45) is 4.72. The van der Waals surface area contributed by atoms with E-state index in [2.05, 4.69) is 21.1 Å². The molecule has 3 rings (SSSR count). The minimum Gasteiger partial charge on any atom is -0.372 e. The molecule has 0 spiro atoms. The van der Waals surface area contributed by atoms with Gasteiger partial charge >= 0.3 is 0 Å². The Labute approximate surface area is 83.3 Å². The fraction of sp³-hybridized carbons (Fsp3) is 0.700. The monoisotopic (exact) mass is 193 g/mol. The highest BCUT2D eigenvalue weighted by Gasteiger charge is 2.22. The maximum absolute atomic E-state index is 5.62. The van der Waals surface area contributed by atoms with E-state index >= 15 is 0 Å². The molecule has 1 unspecified atom stereocenters. The molecule has 0 aromatic carbocycles. The van der Waals surface area contributed by atoms with Gasteiger partial charge in [-0.3, -0.25) is 0 Å². The average Bonchev–Trinajstić information content (AvgIpc) is 2.86. The largest absolute Gasteiger partial charge is 0.372 e. The highest BCUT2D eigenvalue weighted by molar-refractivity contribution is 5.09. The van der Waals surface area contributed by atoms with E-state index in [4.69, 9.17) is 4.74 Å². The molecule has 4 heteroatoms. The summed E-state index contributed by atoms with van der Waals surface area (Å²) in [7, 11) is 0. The molecule has 1 atom stereocenters. The first kappa shape index (κ1) is 8.44. The maximum Gasteiger partial charge on any atom is 0.123 e.